The molecule has 0 amide bonds. The average Bonchev–Trinajstić information content (AvgIpc) is 2.34. The van der Waals surface area contributed by atoms with Gasteiger partial charge < -0.3 is 10.5 Å². The number of aromatic nitrogens is 2. The van der Waals surface area contributed by atoms with E-state index < -0.39 is 5.82 Å². The van der Waals surface area contributed by atoms with Gasteiger partial charge in [-0.25, -0.2) is 14.4 Å². The fraction of sp³-hybridized carbons (Fsp3) is 0.231. The standard InChI is InChI=1S/C13H14FN3O/c1-2-3-10-7-13(17-8-16-10)18-12-5-4-9(14)6-11(12)15/h4-8H,2-3,15H2,1H3. The summed E-state index contributed by atoms with van der Waals surface area (Å²) in [6.45, 7) is 2.07. The third-order valence-electron chi connectivity index (χ3n) is 2.39. The third-order valence-corrected chi connectivity index (χ3v) is 2.39. The van der Waals surface area contributed by atoms with E-state index in [-0.39, 0.29) is 5.69 Å². The third kappa shape index (κ3) is 2.94. The molecule has 0 radical (unpaired) electrons. The summed E-state index contributed by atoms with van der Waals surface area (Å²) in [7, 11) is 0. The van der Waals surface area contributed by atoms with E-state index in [0.717, 1.165) is 18.5 Å². The molecule has 0 saturated heterocycles. The number of nitrogen functional groups attached to an aromatic ring is 1. The molecular formula is C13H14FN3O. The van der Waals surface area contributed by atoms with Gasteiger partial charge in [0.1, 0.15) is 12.1 Å². The van der Waals surface area contributed by atoms with Gasteiger partial charge in [0.05, 0.1) is 5.69 Å². The first-order chi connectivity index (χ1) is 8.69. The molecule has 18 heavy (non-hydrogen) atoms. The van der Waals surface area contributed by atoms with Crippen LogP contribution in [0.3, 0.4) is 0 Å². The van der Waals surface area contributed by atoms with Crippen LogP contribution in [0.15, 0.2) is 30.6 Å². The van der Waals surface area contributed by atoms with Gasteiger partial charge in [0.25, 0.3) is 0 Å². The highest BCUT2D eigenvalue weighted by atomic mass is 19.1. The number of hydrogen-bond donors (Lipinski definition) is 1. The van der Waals surface area contributed by atoms with Crippen molar-refractivity contribution in [2.75, 3.05) is 5.73 Å². The molecule has 1 aromatic heterocycles. The molecule has 2 aromatic rings. The monoisotopic (exact) mass is 247 g/mol. The van der Waals surface area contributed by atoms with Crippen LogP contribution in [0, 0.1) is 5.82 Å². The van der Waals surface area contributed by atoms with Crippen molar-refractivity contribution in [2.45, 2.75) is 19.8 Å². The number of benzene rings is 1. The molecule has 0 saturated carbocycles. The molecule has 0 unspecified atom stereocenters. The van der Waals surface area contributed by atoms with Crippen LogP contribution in [0.5, 0.6) is 11.6 Å². The van der Waals surface area contributed by atoms with Crippen molar-refractivity contribution in [1.82, 2.24) is 9.97 Å². The number of anilines is 1. The van der Waals surface area contributed by atoms with E-state index in [1.54, 1.807) is 6.07 Å². The Hall–Kier alpha value is -2.17. The number of hydrogen-bond acceptors (Lipinski definition) is 4. The van der Waals surface area contributed by atoms with Gasteiger partial charge in [0.15, 0.2) is 5.75 Å². The molecule has 0 aliphatic carbocycles. The van der Waals surface area contributed by atoms with Crippen molar-refractivity contribution < 1.29 is 9.13 Å². The summed E-state index contributed by atoms with van der Waals surface area (Å²) < 4.78 is 18.4. The zero-order valence-corrected chi connectivity index (χ0v) is 10.1. The molecule has 0 atom stereocenters. The normalized spacial score (nSPS) is 10.3. The Morgan fingerprint density at radius 2 is 2.11 bits per heavy atom. The topological polar surface area (TPSA) is 61.0 Å². The van der Waals surface area contributed by atoms with Gasteiger partial charge in [-0.05, 0) is 18.6 Å². The highest BCUT2D eigenvalue weighted by Gasteiger charge is 2.05. The molecule has 0 aliphatic rings. The lowest BCUT2D eigenvalue weighted by molar-refractivity contribution is 0.461. The Labute approximate surface area is 105 Å². The molecule has 2 N–H and O–H groups in total. The minimum absolute atomic E-state index is 0.241. The lowest BCUT2D eigenvalue weighted by atomic mass is 10.2. The molecule has 1 heterocycles. The second kappa shape index (κ2) is 5.44. The van der Waals surface area contributed by atoms with Crippen LogP contribution in [0.25, 0.3) is 0 Å². The Morgan fingerprint density at radius 3 is 2.83 bits per heavy atom. The van der Waals surface area contributed by atoms with Crippen molar-refractivity contribution in [1.29, 1.82) is 0 Å². The summed E-state index contributed by atoms with van der Waals surface area (Å²) in [5.41, 5.74) is 6.80. The van der Waals surface area contributed by atoms with Crippen LogP contribution in [-0.2, 0) is 6.42 Å². The summed E-state index contributed by atoms with van der Waals surface area (Å²) in [5.74, 6) is 0.401. The largest absolute Gasteiger partial charge is 0.437 e. The molecule has 1 aromatic carbocycles. The first kappa shape index (κ1) is 12.3. The molecule has 94 valence electrons. The van der Waals surface area contributed by atoms with E-state index in [2.05, 4.69) is 16.9 Å². The maximum absolute atomic E-state index is 12.9. The van der Waals surface area contributed by atoms with Crippen molar-refractivity contribution in [3.05, 3.63) is 42.1 Å². The molecule has 4 nitrogen and oxygen atoms in total. The Morgan fingerprint density at radius 1 is 1.28 bits per heavy atom. The van der Waals surface area contributed by atoms with Gasteiger partial charge in [0, 0.05) is 17.8 Å². The van der Waals surface area contributed by atoms with Gasteiger partial charge in [0.2, 0.25) is 5.88 Å². The molecule has 0 bridgehead atoms. The van der Waals surface area contributed by atoms with Crippen molar-refractivity contribution in [3.8, 4) is 11.6 Å². The number of nitrogens with zero attached hydrogens (tertiary/aromatic N) is 2. The Balaban J connectivity index is 2.20. The van der Waals surface area contributed by atoms with E-state index in [0.29, 0.717) is 11.6 Å². The summed E-state index contributed by atoms with van der Waals surface area (Å²) in [6.07, 6.45) is 3.30. The van der Waals surface area contributed by atoms with Gasteiger partial charge in [-0.15, -0.1) is 0 Å². The predicted octanol–water partition coefficient (Wildman–Crippen LogP) is 2.94. The minimum atomic E-state index is -0.394. The average molecular weight is 247 g/mol. The summed E-state index contributed by atoms with van der Waals surface area (Å²) in [6, 6.07) is 5.74. The van der Waals surface area contributed by atoms with Crippen LogP contribution in [0.2, 0.25) is 0 Å². The van der Waals surface area contributed by atoms with E-state index in [1.807, 2.05) is 0 Å². The highest BCUT2D eigenvalue weighted by Crippen LogP contribution is 2.26. The predicted molar refractivity (Wildman–Crippen MR) is 66.9 cm³/mol. The fourth-order valence-corrected chi connectivity index (χ4v) is 1.55. The quantitative estimate of drug-likeness (QED) is 0.844. The van der Waals surface area contributed by atoms with Crippen LogP contribution in [0.1, 0.15) is 19.0 Å². The van der Waals surface area contributed by atoms with Gasteiger partial charge >= 0.3 is 0 Å². The zero-order chi connectivity index (χ0) is 13.0. The second-order valence-electron chi connectivity index (χ2n) is 3.88. The van der Waals surface area contributed by atoms with Crippen LogP contribution < -0.4 is 10.5 Å². The number of halogens is 1. The Kier molecular flexibility index (Phi) is 3.72. The first-order valence-corrected chi connectivity index (χ1v) is 5.73. The SMILES string of the molecule is CCCc1cc(Oc2ccc(F)cc2N)ncn1. The van der Waals surface area contributed by atoms with Gasteiger partial charge in [-0.1, -0.05) is 13.3 Å². The van der Waals surface area contributed by atoms with E-state index >= 15 is 0 Å². The lowest BCUT2D eigenvalue weighted by Crippen LogP contribution is -1.97. The zero-order valence-electron chi connectivity index (χ0n) is 10.1. The maximum Gasteiger partial charge on any atom is 0.222 e. The molecule has 0 fully saturated rings. The molecule has 2 rings (SSSR count). The second-order valence-corrected chi connectivity index (χ2v) is 3.88. The van der Waals surface area contributed by atoms with Crippen LogP contribution >= 0.6 is 0 Å². The molecular weight excluding hydrogens is 233 g/mol. The van der Waals surface area contributed by atoms with E-state index in [1.165, 1.54) is 24.5 Å². The van der Waals surface area contributed by atoms with Crippen LogP contribution in [0.4, 0.5) is 10.1 Å². The number of nitrogens with two attached hydrogens (primary N) is 1. The Bertz CT molecular complexity index is 546. The molecule has 5 heteroatoms. The van der Waals surface area contributed by atoms with Crippen molar-refractivity contribution in [2.24, 2.45) is 0 Å². The van der Waals surface area contributed by atoms with Gasteiger partial charge in [-0.3, -0.25) is 0 Å². The van der Waals surface area contributed by atoms with Gasteiger partial charge in [-0.2, -0.15) is 0 Å². The molecule has 0 spiro atoms. The minimum Gasteiger partial charge on any atom is -0.437 e. The summed E-state index contributed by atoms with van der Waals surface area (Å²) in [5, 5.41) is 0. The van der Waals surface area contributed by atoms with Crippen molar-refractivity contribution in [3.63, 3.8) is 0 Å². The summed E-state index contributed by atoms with van der Waals surface area (Å²) in [4.78, 5) is 8.12. The smallest absolute Gasteiger partial charge is 0.222 e. The lowest BCUT2D eigenvalue weighted by Gasteiger charge is -2.08. The fourth-order valence-electron chi connectivity index (χ4n) is 1.55. The van der Waals surface area contributed by atoms with E-state index in [9.17, 15) is 4.39 Å². The summed E-state index contributed by atoms with van der Waals surface area (Å²) >= 11 is 0. The maximum atomic E-state index is 12.9. The molecule has 0 aliphatic heterocycles. The number of aryl methyl sites for hydroxylation is 1. The van der Waals surface area contributed by atoms with Crippen molar-refractivity contribution >= 4 is 5.69 Å². The highest BCUT2D eigenvalue weighted by molar-refractivity contribution is 5.53. The van der Waals surface area contributed by atoms with Crippen LogP contribution in [-0.4, -0.2) is 9.97 Å². The van der Waals surface area contributed by atoms with E-state index in [4.69, 9.17) is 10.5 Å². The first-order valence-electron chi connectivity index (χ1n) is 5.73. The number of ether oxygens (including phenoxy) is 1. The number of rotatable bonds is 4.